The van der Waals surface area contributed by atoms with Gasteiger partial charge in [-0.15, -0.1) is 5.10 Å². The van der Waals surface area contributed by atoms with Crippen molar-refractivity contribution in [2.24, 2.45) is 0 Å². The molecule has 21 heavy (non-hydrogen) atoms. The fourth-order valence-corrected chi connectivity index (χ4v) is 2.34. The van der Waals surface area contributed by atoms with Crippen molar-refractivity contribution in [3.63, 3.8) is 0 Å². The van der Waals surface area contributed by atoms with Gasteiger partial charge >= 0.3 is 5.97 Å². The molecule has 10 heteroatoms. The van der Waals surface area contributed by atoms with Gasteiger partial charge in [0.25, 0.3) is 0 Å². The van der Waals surface area contributed by atoms with Gasteiger partial charge in [0.05, 0.1) is 18.6 Å². The Morgan fingerprint density at radius 3 is 2.95 bits per heavy atom. The summed E-state index contributed by atoms with van der Waals surface area (Å²) in [5.74, 6) is -0.292. The topological polar surface area (TPSA) is 126 Å². The minimum atomic E-state index is -1.08. The Balaban J connectivity index is 1.54. The zero-order chi connectivity index (χ0) is 14.4. The van der Waals surface area contributed by atoms with E-state index in [0.717, 1.165) is 11.3 Å². The van der Waals surface area contributed by atoms with E-state index >= 15 is 0 Å². The third-order valence-electron chi connectivity index (χ3n) is 3.47. The van der Waals surface area contributed by atoms with E-state index in [-0.39, 0.29) is 11.7 Å². The number of carboxylic acid groups (broad SMARTS) is 1. The molecule has 1 aliphatic heterocycles. The van der Waals surface area contributed by atoms with Crippen LogP contribution < -0.4 is 4.90 Å². The number of hydrogen-bond donors (Lipinski definition) is 2. The molecule has 0 radical (unpaired) electrons. The van der Waals surface area contributed by atoms with Crippen LogP contribution >= 0.6 is 0 Å². The maximum absolute atomic E-state index is 10.8. The van der Waals surface area contributed by atoms with Crippen molar-refractivity contribution in [2.45, 2.75) is 6.04 Å². The van der Waals surface area contributed by atoms with Gasteiger partial charge in [-0.2, -0.15) is 0 Å². The van der Waals surface area contributed by atoms with Gasteiger partial charge < -0.3 is 15.0 Å². The molecule has 0 aromatic carbocycles. The number of nitrogens with zero attached hydrogens (tertiary/aromatic N) is 7. The van der Waals surface area contributed by atoms with Gasteiger partial charge in [-0.25, -0.2) is 24.4 Å². The average Bonchev–Trinajstić information content (AvgIpc) is 3.05. The molecule has 4 heterocycles. The predicted molar refractivity (Wildman–Crippen MR) is 69.9 cm³/mol. The van der Waals surface area contributed by atoms with E-state index in [2.05, 4.69) is 35.1 Å². The molecule has 0 saturated carbocycles. The molecule has 3 aromatic rings. The number of hydrogen-bond acceptors (Lipinski definition) is 7. The van der Waals surface area contributed by atoms with Crippen molar-refractivity contribution in [1.29, 1.82) is 0 Å². The van der Waals surface area contributed by atoms with E-state index in [9.17, 15) is 4.79 Å². The molecule has 0 amide bonds. The number of imidazole rings is 1. The summed E-state index contributed by atoms with van der Waals surface area (Å²) >= 11 is 0. The van der Waals surface area contributed by atoms with Crippen LogP contribution in [0.2, 0.25) is 0 Å². The summed E-state index contributed by atoms with van der Waals surface area (Å²) in [7, 11) is 0. The zero-order valence-electron chi connectivity index (χ0n) is 10.7. The number of carboxylic acids is 1. The Morgan fingerprint density at radius 2 is 2.19 bits per heavy atom. The van der Waals surface area contributed by atoms with Crippen molar-refractivity contribution in [3.05, 3.63) is 24.5 Å². The smallest absolute Gasteiger partial charge is 0.358 e. The highest BCUT2D eigenvalue weighted by atomic mass is 16.4. The fourth-order valence-electron chi connectivity index (χ4n) is 2.34. The minimum Gasteiger partial charge on any atom is -0.476 e. The van der Waals surface area contributed by atoms with Crippen LogP contribution in [0, 0.1) is 0 Å². The first-order valence-corrected chi connectivity index (χ1v) is 6.26. The molecule has 0 bridgehead atoms. The molecule has 10 nitrogen and oxygen atoms in total. The van der Waals surface area contributed by atoms with Crippen LogP contribution in [0.1, 0.15) is 16.5 Å². The lowest BCUT2D eigenvalue weighted by Gasteiger charge is -2.39. The molecule has 4 rings (SSSR count). The van der Waals surface area contributed by atoms with Crippen LogP contribution in [-0.4, -0.2) is 59.1 Å². The van der Waals surface area contributed by atoms with Crippen molar-refractivity contribution in [1.82, 2.24) is 34.9 Å². The van der Waals surface area contributed by atoms with Crippen LogP contribution in [0.5, 0.6) is 0 Å². The van der Waals surface area contributed by atoms with Crippen LogP contribution in [0.25, 0.3) is 11.2 Å². The second-order valence-corrected chi connectivity index (χ2v) is 4.75. The monoisotopic (exact) mass is 286 g/mol. The first-order chi connectivity index (χ1) is 10.2. The lowest BCUT2D eigenvalue weighted by Crippen LogP contribution is -2.48. The van der Waals surface area contributed by atoms with Crippen molar-refractivity contribution in [3.8, 4) is 0 Å². The second-order valence-electron chi connectivity index (χ2n) is 4.75. The number of aromatic carboxylic acids is 1. The molecule has 1 aliphatic rings. The lowest BCUT2D eigenvalue weighted by molar-refractivity contribution is 0.0690. The summed E-state index contributed by atoms with van der Waals surface area (Å²) in [6.07, 6.45) is 4.50. The molecule has 3 aromatic heterocycles. The van der Waals surface area contributed by atoms with Gasteiger partial charge in [-0.1, -0.05) is 5.21 Å². The quantitative estimate of drug-likeness (QED) is 0.672. The summed E-state index contributed by atoms with van der Waals surface area (Å²) in [5.41, 5.74) is 1.37. The van der Waals surface area contributed by atoms with Gasteiger partial charge in [0.2, 0.25) is 0 Å². The normalized spacial score (nSPS) is 15.3. The molecular formula is C11H10N8O2. The highest BCUT2D eigenvalue weighted by Gasteiger charge is 2.32. The number of nitrogens with one attached hydrogen (secondary N) is 1. The maximum atomic E-state index is 10.8. The summed E-state index contributed by atoms with van der Waals surface area (Å²) in [5, 5.41) is 16.3. The first kappa shape index (κ1) is 11.8. The standard InChI is InChI=1S/C11H10N8O2/c20-11(21)7-3-19(17-16-7)6-1-18(2-6)10-8-9(13-4-12-8)14-5-15-10/h3-6H,1-2H2,(H,20,21)(H,12,13,14,15). The summed E-state index contributed by atoms with van der Waals surface area (Å²) < 4.78 is 1.57. The molecule has 0 unspecified atom stereocenters. The number of aromatic nitrogens is 7. The Hall–Kier alpha value is -3.04. The molecule has 0 spiro atoms. The number of fused-ring (bicyclic) bond motifs is 1. The summed E-state index contributed by atoms with van der Waals surface area (Å²) in [4.78, 5) is 28.3. The molecule has 0 atom stereocenters. The van der Waals surface area contributed by atoms with Gasteiger partial charge in [0.15, 0.2) is 17.2 Å². The molecule has 0 aliphatic carbocycles. The van der Waals surface area contributed by atoms with E-state index in [4.69, 9.17) is 5.11 Å². The van der Waals surface area contributed by atoms with E-state index in [1.54, 1.807) is 11.0 Å². The van der Waals surface area contributed by atoms with E-state index in [1.807, 2.05) is 0 Å². The van der Waals surface area contributed by atoms with Gasteiger partial charge in [0.1, 0.15) is 11.8 Å². The van der Waals surface area contributed by atoms with Crippen LogP contribution in [0.3, 0.4) is 0 Å². The highest BCUT2D eigenvalue weighted by molar-refractivity contribution is 5.85. The van der Waals surface area contributed by atoms with E-state index in [0.29, 0.717) is 18.7 Å². The van der Waals surface area contributed by atoms with Crippen LogP contribution in [0.15, 0.2) is 18.9 Å². The fraction of sp³-hybridized carbons (Fsp3) is 0.273. The summed E-state index contributed by atoms with van der Waals surface area (Å²) in [6, 6.07) is 0.0820. The second kappa shape index (κ2) is 4.23. The average molecular weight is 286 g/mol. The highest BCUT2D eigenvalue weighted by Crippen LogP contribution is 2.29. The lowest BCUT2D eigenvalue weighted by atomic mass is 10.1. The number of carbonyl (C=O) groups is 1. The van der Waals surface area contributed by atoms with E-state index in [1.165, 1.54) is 12.5 Å². The van der Waals surface area contributed by atoms with Gasteiger partial charge in [-0.3, -0.25) is 0 Å². The van der Waals surface area contributed by atoms with Crippen molar-refractivity contribution in [2.75, 3.05) is 18.0 Å². The number of anilines is 1. The first-order valence-electron chi connectivity index (χ1n) is 6.26. The molecule has 1 fully saturated rings. The molecule has 1 saturated heterocycles. The third-order valence-corrected chi connectivity index (χ3v) is 3.47. The Labute approximate surface area is 117 Å². The third kappa shape index (κ3) is 1.80. The van der Waals surface area contributed by atoms with Crippen molar-refractivity contribution < 1.29 is 9.90 Å². The zero-order valence-corrected chi connectivity index (χ0v) is 10.7. The largest absolute Gasteiger partial charge is 0.476 e. The molecular weight excluding hydrogens is 276 g/mol. The Bertz CT molecular complexity index is 818. The molecule has 2 N–H and O–H groups in total. The SMILES string of the molecule is O=C(O)c1cn(C2CN(c3ncnc4nc[nH]c34)C2)nn1. The number of H-pyrrole nitrogens is 1. The molecule has 106 valence electrons. The van der Waals surface area contributed by atoms with E-state index < -0.39 is 5.97 Å². The maximum Gasteiger partial charge on any atom is 0.358 e. The van der Waals surface area contributed by atoms with Crippen LogP contribution in [-0.2, 0) is 0 Å². The Kier molecular flexibility index (Phi) is 2.37. The minimum absolute atomic E-state index is 0.0496. The summed E-state index contributed by atoms with van der Waals surface area (Å²) in [6.45, 7) is 1.35. The van der Waals surface area contributed by atoms with Gasteiger partial charge in [0, 0.05) is 13.1 Å². The van der Waals surface area contributed by atoms with Crippen LogP contribution in [0.4, 0.5) is 5.82 Å². The van der Waals surface area contributed by atoms with Gasteiger partial charge in [-0.05, 0) is 0 Å². The number of rotatable bonds is 3. The Morgan fingerprint density at radius 1 is 1.33 bits per heavy atom. The predicted octanol–water partition coefficient (Wildman–Crippen LogP) is -0.296. The number of aromatic amines is 1. The van der Waals surface area contributed by atoms with Crippen molar-refractivity contribution >= 4 is 23.0 Å².